The van der Waals surface area contributed by atoms with E-state index in [9.17, 15) is 9.59 Å². The van der Waals surface area contributed by atoms with E-state index in [-0.39, 0.29) is 24.8 Å². The van der Waals surface area contributed by atoms with E-state index < -0.39 is 0 Å². The lowest BCUT2D eigenvalue weighted by Crippen LogP contribution is -2.37. The Labute approximate surface area is 138 Å². The number of hydrogen-bond donors (Lipinski definition) is 2. The van der Waals surface area contributed by atoms with Crippen molar-refractivity contribution in [2.24, 2.45) is 0 Å². The third kappa shape index (κ3) is 5.55. The van der Waals surface area contributed by atoms with Gasteiger partial charge in [-0.25, -0.2) is 0 Å². The summed E-state index contributed by atoms with van der Waals surface area (Å²) in [6, 6.07) is 3.48. The van der Waals surface area contributed by atoms with Gasteiger partial charge in [0.1, 0.15) is 0 Å². The molecular weight excluding hydrogens is 352 g/mol. The van der Waals surface area contributed by atoms with Crippen LogP contribution in [0.2, 0.25) is 0 Å². The molecule has 0 heterocycles. The van der Waals surface area contributed by atoms with Crippen molar-refractivity contribution in [3.05, 3.63) is 22.2 Å². The molecule has 0 aliphatic carbocycles. The number of benzene rings is 1. The summed E-state index contributed by atoms with van der Waals surface area (Å²) < 4.78 is 11.1. The second kappa shape index (κ2) is 9.30. The van der Waals surface area contributed by atoms with Crippen molar-refractivity contribution in [3.63, 3.8) is 0 Å². The normalized spacial score (nSPS) is 10.0. The molecule has 2 N–H and O–H groups in total. The molecule has 0 aliphatic rings. The first-order valence-electron chi connectivity index (χ1n) is 6.95. The maximum atomic E-state index is 11.9. The van der Waals surface area contributed by atoms with Crippen LogP contribution in [0.4, 0.5) is 0 Å². The van der Waals surface area contributed by atoms with E-state index in [1.165, 1.54) is 7.11 Å². The summed E-state index contributed by atoms with van der Waals surface area (Å²) in [5.41, 5.74) is 0.754. The van der Waals surface area contributed by atoms with Crippen LogP contribution in [0.1, 0.15) is 18.9 Å². The van der Waals surface area contributed by atoms with Crippen molar-refractivity contribution in [1.29, 1.82) is 0 Å². The monoisotopic (exact) mass is 372 g/mol. The second-order valence-electron chi connectivity index (χ2n) is 4.60. The third-order valence-corrected chi connectivity index (χ3v) is 3.66. The summed E-state index contributed by atoms with van der Waals surface area (Å²) in [6.07, 6.45) is 1.00. The molecular formula is C15H21BrN2O4. The fraction of sp³-hybridized carbons (Fsp3) is 0.467. The molecule has 0 saturated carbocycles. The van der Waals surface area contributed by atoms with E-state index in [1.54, 1.807) is 19.2 Å². The van der Waals surface area contributed by atoms with Crippen LogP contribution in [-0.4, -0.2) is 39.1 Å². The Balaban J connectivity index is 2.62. The largest absolute Gasteiger partial charge is 0.493 e. The highest BCUT2D eigenvalue weighted by Gasteiger charge is 2.13. The Morgan fingerprint density at radius 1 is 1.09 bits per heavy atom. The van der Waals surface area contributed by atoms with Gasteiger partial charge in [0.05, 0.1) is 27.2 Å². The molecule has 2 amide bonds. The van der Waals surface area contributed by atoms with E-state index in [2.05, 4.69) is 26.6 Å². The number of carbonyl (C=O) groups is 2. The zero-order valence-electron chi connectivity index (χ0n) is 13.0. The molecule has 0 bridgehead atoms. The first-order valence-corrected chi connectivity index (χ1v) is 7.74. The van der Waals surface area contributed by atoms with Crippen LogP contribution >= 0.6 is 15.9 Å². The van der Waals surface area contributed by atoms with Gasteiger partial charge in [0.15, 0.2) is 11.5 Å². The summed E-state index contributed by atoms with van der Waals surface area (Å²) >= 11 is 3.40. The van der Waals surface area contributed by atoms with Crippen LogP contribution in [0.25, 0.3) is 0 Å². The highest BCUT2D eigenvalue weighted by molar-refractivity contribution is 9.10. The van der Waals surface area contributed by atoms with Gasteiger partial charge in [-0.2, -0.15) is 0 Å². The first-order chi connectivity index (χ1) is 10.5. The zero-order chi connectivity index (χ0) is 16.5. The van der Waals surface area contributed by atoms with Gasteiger partial charge in [-0.1, -0.05) is 22.9 Å². The molecule has 1 rings (SSSR count). The quantitative estimate of drug-likeness (QED) is 0.727. The minimum atomic E-state index is -0.237. The SMILES string of the molecule is CCCNC(=O)CNC(=O)Cc1cc(OC)c(OC)cc1Br. The Morgan fingerprint density at radius 2 is 1.73 bits per heavy atom. The lowest BCUT2D eigenvalue weighted by Gasteiger charge is -2.12. The molecule has 0 aliphatic heterocycles. The number of amides is 2. The lowest BCUT2D eigenvalue weighted by atomic mass is 10.1. The van der Waals surface area contributed by atoms with Crippen LogP contribution in [0.5, 0.6) is 11.5 Å². The van der Waals surface area contributed by atoms with E-state index in [0.29, 0.717) is 18.0 Å². The Morgan fingerprint density at radius 3 is 2.32 bits per heavy atom. The number of hydrogen-bond acceptors (Lipinski definition) is 4. The van der Waals surface area contributed by atoms with Crippen molar-refractivity contribution in [1.82, 2.24) is 10.6 Å². The molecule has 0 saturated heterocycles. The van der Waals surface area contributed by atoms with Crippen molar-refractivity contribution in [3.8, 4) is 11.5 Å². The van der Waals surface area contributed by atoms with Crippen LogP contribution in [0.15, 0.2) is 16.6 Å². The average molecular weight is 373 g/mol. The molecule has 0 aromatic heterocycles. The fourth-order valence-electron chi connectivity index (χ4n) is 1.77. The molecule has 0 spiro atoms. The molecule has 1 aromatic rings. The van der Waals surface area contributed by atoms with Gasteiger partial charge < -0.3 is 20.1 Å². The molecule has 0 atom stereocenters. The van der Waals surface area contributed by atoms with Gasteiger partial charge in [-0.05, 0) is 24.1 Å². The van der Waals surface area contributed by atoms with Gasteiger partial charge in [0.25, 0.3) is 0 Å². The van der Waals surface area contributed by atoms with Crippen LogP contribution in [0, 0.1) is 0 Å². The summed E-state index contributed by atoms with van der Waals surface area (Å²) in [6.45, 7) is 2.55. The Kier molecular flexibility index (Phi) is 7.73. The van der Waals surface area contributed by atoms with Gasteiger partial charge >= 0.3 is 0 Å². The summed E-state index contributed by atoms with van der Waals surface area (Å²) in [5, 5.41) is 5.29. The molecule has 22 heavy (non-hydrogen) atoms. The molecule has 7 heteroatoms. The van der Waals surface area contributed by atoms with Crippen molar-refractivity contribution in [2.45, 2.75) is 19.8 Å². The molecule has 122 valence electrons. The summed E-state index contributed by atoms with van der Waals surface area (Å²) in [4.78, 5) is 23.4. The average Bonchev–Trinajstić information content (AvgIpc) is 2.52. The summed E-state index contributed by atoms with van der Waals surface area (Å²) in [7, 11) is 3.08. The number of methoxy groups -OCH3 is 2. The molecule has 1 aromatic carbocycles. The van der Waals surface area contributed by atoms with Crippen molar-refractivity contribution < 1.29 is 19.1 Å². The number of rotatable bonds is 8. The van der Waals surface area contributed by atoms with E-state index >= 15 is 0 Å². The maximum absolute atomic E-state index is 11.9. The molecule has 0 unspecified atom stereocenters. The van der Waals surface area contributed by atoms with Crippen LogP contribution < -0.4 is 20.1 Å². The first kappa shape index (κ1) is 18.3. The highest BCUT2D eigenvalue weighted by atomic mass is 79.9. The van der Waals surface area contributed by atoms with Gasteiger partial charge in [-0.15, -0.1) is 0 Å². The van der Waals surface area contributed by atoms with Gasteiger partial charge in [0.2, 0.25) is 11.8 Å². The number of ether oxygens (including phenoxy) is 2. The van der Waals surface area contributed by atoms with E-state index in [4.69, 9.17) is 9.47 Å². The Bertz CT molecular complexity index is 535. The van der Waals surface area contributed by atoms with Crippen molar-refractivity contribution in [2.75, 3.05) is 27.3 Å². The van der Waals surface area contributed by atoms with Gasteiger partial charge in [-0.3, -0.25) is 9.59 Å². The number of halogens is 1. The number of carbonyl (C=O) groups excluding carboxylic acids is 2. The van der Waals surface area contributed by atoms with E-state index in [0.717, 1.165) is 16.5 Å². The smallest absolute Gasteiger partial charge is 0.239 e. The predicted molar refractivity (Wildman–Crippen MR) is 87.3 cm³/mol. The number of nitrogens with one attached hydrogen (secondary N) is 2. The fourth-order valence-corrected chi connectivity index (χ4v) is 2.24. The zero-order valence-corrected chi connectivity index (χ0v) is 14.6. The van der Waals surface area contributed by atoms with Gasteiger partial charge in [0, 0.05) is 11.0 Å². The molecule has 0 radical (unpaired) electrons. The molecule has 0 fully saturated rings. The van der Waals surface area contributed by atoms with Crippen LogP contribution in [0.3, 0.4) is 0 Å². The topological polar surface area (TPSA) is 76.7 Å². The minimum absolute atomic E-state index is 0.0241. The standard InChI is InChI=1S/C15H21BrN2O4/c1-4-5-17-15(20)9-18-14(19)7-10-6-12(21-2)13(22-3)8-11(10)16/h6,8H,4-5,7,9H2,1-3H3,(H,17,20)(H,18,19). The highest BCUT2D eigenvalue weighted by Crippen LogP contribution is 2.33. The van der Waals surface area contributed by atoms with Crippen LogP contribution in [-0.2, 0) is 16.0 Å². The van der Waals surface area contributed by atoms with E-state index in [1.807, 2.05) is 6.92 Å². The Hall–Kier alpha value is -1.76. The lowest BCUT2D eigenvalue weighted by molar-refractivity contribution is -0.125. The molecule has 6 nitrogen and oxygen atoms in total. The summed E-state index contributed by atoms with van der Waals surface area (Å²) in [5.74, 6) is 0.702. The predicted octanol–water partition coefficient (Wildman–Crippen LogP) is 1.65. The van der Waals surface area contributed by atoms with Crippen molar-refractivity contribution >= 4 is 27.7 Å². The second-order valence-corrected chi connectivity index (χ2v) is 5.46. The minimum Gasteiger partial charge on any atom is -0.493 e. The third-order valence-electron chi connectivity index (χ3n) is 2.92. The maximum Gasteiger partial charge on any atom is 0.239 e.